The minimum Gasteiger partial charge on any atom is -0.481 e. The molecule has 2 saturated carbocycles. The van der Waals surface area contributed by atoms with Crippen molar-refractivity contribution in [2.45, 2.75) is 38.1 Å². The number of nitrogens with one attached hydrogen (secondary N) is 2. The van der Waals surface area contributed by atoms with Gasteiger partial charge in [0.2, 0.25) is 0 Å². The third-order valence-corrected chi connectivity index (χ3v) is 4.66. The van der Waals surface area contributed by atoms with Crippen LogP contribution in [0.1, 0.15) is 31.2 Å². The van der Waals surface area contributed by atoms with E-state index in [0.717, 1.165) is 12.3 Å². The van der Waals surface area contributed by atoms with Gasteiger partial charge >= 0.3 is 12.0 Å². The van der Waals surface area contributed by atoms with Crippen molar-refractivity contribution in [1.29, 1.82) is 0 Å². The number of benzene rings is 1. The van der Waals surface area contributed by atoms with Crippen molar-refractivity contribution in [3.63, 3.8) is 0 Å². The van der Waals surface area contributed by atoms with Gasteiger partial charge in [0, 0.05) is 11.7 Å². The van der Waals surface area contributed by atoms with Crippen molar-refractivity contribution < 1.29 is 14.7 Å². The molecule has 0 spiro atoms. The smallest absolute Gasteiger partial charge is 0.319 e. The van der Waals surface area contributed by atoms with Crippen LogP contribution >= 0.6 is 0 Å². The average Bonchev–Trinajstić information content (AvgIpc) is 3.02. The van der Waals surface area contributed by atoms with Crippen LogP contribution in [0.25, 0.3) is 0 Å². The molecule has 2 aliphatic rings. The van der Waals surface area contributed by atoms with Gasteiger partial charge in [-0.05, 0) is 42.7 Å². The molecular weight excluding hydrogens is 268 g/mol. The number of amides is 2. The van der Waals surface area contributed by atoms with E-state index in [1.54, 1.807) is 24.3 Å². The molecule has 1 aromatic rings. The van der Waals surface area contributed by atoms with Crippen molar-refractivity contribution in [3.8, 4) is 0 Å². The van der Waals surface area contributed by atoms with Crippen molar-refractivity contribution in [3.05, 3.63) is 29.8 Å². The van der Waals surface area contributed by atoms with E-state index in [-0.39, 0.29) is 18.5 Å². The lowest BCUT2D eigenvalue weighted by molar-refractivity contribution is -0.136. The molecule has 2 bridgehead atoms. The number of carbonyl (C=O) groups excluding carboxylic acids is 1. The van der Waals surface area contributed by atoms with E-state index in [4.69, 9.17) is 5.11 Å². The van der Waals surface area contributed by atoms with Crippen LogP contribution in [0.3, 0.4) is 0 Å². The van der Waals surface area contributed by atoms with Crippen LogP contribution in [0.15, 0.2) is 24.3 Å². The Morgan fingerprint density at radius 2 is 2.00 bits per heavy atom. The van der Waals surface area contributed by atoms with E-state index >= 15 is 0 Å². The third-order valence-electron chi connectivity index (χ3n) is 4.66. The molecule has 3 N–H and O–H groups in total. The van der Waals surface area contributed by atoms with Gasteiger partial charge in [-0.2, -0.15) is 0 Å². The largest absolute Gasteiger partial charge is 0.481 e. The number of carboxylic acids is 1. The number of carbonyl (C=O) groups is 2. The van der Waals surface area contributed by atoms with Gasteiger partial charge in [-0.3, -0.25) is 4.79 Å². The molecule has 3 unspecified atom stereocenters. The van der Waals surface area contributed by atoms with Gasteiger partial charge in [0.1, 0.15) is 0 Å². The Hall–Kier alpha value is -2.04. The number of hydrogen-bond donors (Lipinski definition) is 3. The summed E-state index contributed by atoms with van der Waals surface area (Å²) in [4.78, 5) is 23.0. The molecule has 5 nitrogen and oxygen atoms in total. The lowest BCUT2D eigenvalue weighted by atomic mass is 9.95. The van der Waals surface area contributed by atoms with Crippen LogP contribution in [0.5, 0.6) is 0 Å². The summed E-state index contributed by atoms with van der Waals surface area (Å²) < 4.78 is 0. The molecule has 112 valence electrons. The zero-order valence-electron chi connectivity index (χ0n) is 11.8. The molecular formula is C16H20N2O3. The summed E-state index contributed by atoms with van der Waals surface area (Å²) in [6.45, 7) is 0. The standard InChI is InChI=1S/C16H20N2O3/c19-15(20)9-11-3-1-2-4-13(11)17-16(21)18-14-8-10-5-6-12(14)7-10/h1-4,10,12,14H,5-9H2,(H,19,20)(H2,17,18,21). The maximum Gasteiger partial charge on any atom is 0.319 e. The molecule has 0 aliphatic heterocycles. The summed E-state index contributed by atoms with van der Waals surface area (Å²) in [6.07, 6.45) is 4.73. The number of rotatable bonds is 4. The monoisotopic (exact) mass is 288 g/mol. The van der Waals surface area contributed by atoms with E-state index < -0.39 is 5.97 Å². The lowest BCUT2D eigenvalue weighted by Crippen LogP contribution is -2.41. The van der Waals surface area contributed by atoms with Crippen LogP contribution in [0.2, 0.25) is 0 Å². The number of para-hydroxylation sites is 1. The summed E-state index contributed by atoms with van der Waals surface area (Å²) in [5.41, 5.74) is 1.19. The highest BCUT2D eigenvalue weighted by atomic mass is 16.4. The Morgan fingerprint density at radius 3 is 2.67 bits per heavy atom. The first-order chi connectivity index (χ1) is 10.1. The first kappa shape index (κ1) is 13.9. The normalized spacial score (nSPS) is 26.6. The van der Waals surface area contributed by atoms with Crippen LogP contribution in [-0.4, -0.2) is 23.1 Å². The minimum absolute atomic E-state index is 0.0927. The topological polar surface area (TPSA) is 78.4 Å². The van der Waals surface area contributed by atoms with Crippen molar-refractivity contribution >= 4 is 17.7 Å². The van der Waals surface area contributed by atoms with Crippen molar-refractivity contribution in [2.75, 3.05) is 5.32 Å². The minimum atomic E-state index is -0.905. The Balaban J connectivity index is 1.61. The molecule has 21 heavy (non-hydrogen) atoms. The fourth-order valence-corrected chi connectivity index (χ4v) is 3.71. The highest BCUT2D eigenvalue weighted by Gasteiger charge is 2.40. The highest BCUT2D eigenvalue weighted by molar-refractivity contribution is 5.91. The second-order valence-corrected chi connectivity index (χ2v) is 6.11. The van der Waals surface area contributed by atoms with Crippen LogP contribution < -0.4 is 10.6 Å². The summed E-state index contributed by atoms with van der Waals surface area (Å²) >= 11 is 0. The third kappa shape index (κ3) is 3.17. The molecule has 5 heteroatoms. The highest BCUT2D eigenvalue weighted by Crippen LogP contribution is 2.44. The van der Waals surface area contributed by atoms with Crippen LogP contribution in [0.4, 0.5) is 10.5 Å². The van der Waals surface area contributed by atoms with Gasteiger partial charge in [0.05, 0.1) is 6.42 Å². The van der Waals surface area contributed by atoms with E-state index in [0.29, 0.717) is 17.2 Å². The first-order valence-electron chi connectivity index (χ1n) is 7.49. The first-order valence-corrected chi connectivity index (χ1v) is 7.49. The second kappa shape index (κ2) is 5.76. The Bertz CT molecular complexity index is 558. The van der Waals surface area contributed by atoms with Crippen molar-refractivity contribution in [1.82, 2.24) is 5.32 Å². The van der Waals surface area contributed by atoms with Gasteiger partial charge in [0.15, 0.2) is 0 Å². The molecule has 2 aliphatic carbocycles. The average molecular weight is 288 g/mol. The van der Waals surface area contributed by atoms with E-state index in [9.17, 15) is 9.59 Å². The molecule has 3 atom stereocenters. The maximum absolute atomic E-state index is 12.1. The van der Waals surface area contributed by atoms with E-state index in [2.05, 4.69) is 10.6 Å². The molecule has 0 aromatic heterocycles. The molecule has 0 radical (unpaired) electrons. The quantitative estimate of drug-likeness (QED) is 0.797. The Morgan fingerprint density at radius 1 is 1.19 bits per heavy atom. The maximum atomic E-state index is 12.1. The predicted octanol–water partition coefficient (Wildman–Crippen LogP) is 2.62. The van der Waals surface area contributed by atoms with Gasteiger partial charge < -0.3 is 15.7 Å². The predicted molar refractivity (Wildman–Crippen MR) is 79.2 cm³/mol. The fraction of sp³-hybridized carbons (Fsp3) is 0.500. The molecule has 1 aromatic carbocycles. The zero-order chi connectivity index (χ0) is 14.8. The molecule has 2 fully saturated rings. The van der Waals surface area contributed by atoms with Gasteiger partial charge in [-0.25, -0.2) is 4.79 Å². The number of fused-ring (bicyclic) bond motifs is 2. The lowest BCUT2D eigenvalue weighted by Gasteiger charge is -2.23. The Kier molecular flexibility index (Phi) is 3.82. The van der Waals surface area contributed by atoms with Gasteiger partial charge in [-0.1, -0.05) is 24.6 Å². The van der Waals surface area contributed by atoms with Crippen molar-refractivity contribution in [2.24, 2.45) is 11.8 Å². The Labute approximate surface area is 123 Å². The fourth-order valence-electron chi connectivity index (χ4n) is 3.71. The number of urea groups is 1. The SMILES string of the molecule is O=C(O)Cc1ccccc1NC(=O)NC1CC2CCC1C2. The van der Waals surface area contributed by atoms with E-state index in [1.807, 2.05) is 0 Å². The summed E-state index contributed by atoms with van der Waals surface area (Å²) in [7, 11) is 0. The van der Waals surface area contributed by atoms with Crippen LogP contribution in [0, 0.1) is 11.8 Å². The summed E-state index contributed by atoms with van der Waals surface area (Å²) in [5, 5.41) is 14.7. The summed E-state index contributed by atoms with van der Waals surface area (Å²) in [6, 6.07) is 7.07. The van der Waals surface area contributed by atoms with Crippen LogP contribution in [-0.2, 0) is 11.2 Å². The molecule has 0 saturated heterocycles. The zero-order valence-corrected chi connectivity index (χ0v) is 11.8. The van der Waals surface area contributed by atoms with E-state index in [1.165, 1.54) is 19.3 Å². The van der Waals surface area contributed by atoms with Gasteiger partial charge in [0.25, 0.3) is 0 Å². The second-order valence-electron chi connectivity index (χ2n) is 6.11. The van der Waals surface area contributed by atoms with Gasteiger partial charge in [-0.15, -0.1) is 0 Å². The molecule has 3 rings (SSSR count). The number of carboxylic acid groups (broad SMARTS) is 1. The molecule has 0 heterocycles. The molecule has 2 amide bonds. The number of anilines is 1. The number of hydrogen-bond acceptors (Lipinski definition) is 2. The number of aliphatic carboxylic acids is 1. The summed E-state index contributed by atoms with van der Waals surface area (Å²) in [5.74, 6) is 0.493.